The largest absolute Gasteiger partial charge is 0.338 e. The van der Waals surface area contributed by atoms with Crippen molar-refractivity contribution in [3.63, 3.8) is 0 Å². The molecule has 0 spiro atoms. The second-order valence-corrected chi connectivity index (χ2v) is 10.0. The van der Waals surface area contributed by atoms with E-state index in [1.54, 1.807) is 0 Å². The smallest absolute Gasteiger partial charge is 0.138 e. The molecule has 0 bridgehead atoms. The molecule has 35 heavy (non-hydrogen) atoms. The summed E-state index contributed by atoms with van der Waals surface area (Å²) in [5, 5.41) is 5.17. The molecular weight excluding hydrogens is 446 g/mol. The van der Waals surface area contributed by atoms with Crippen LogP contribution in [0.4, 0.5) is 0 Å². The second-order valence-electron chi connectivity index (χ2n) is 8.94. The van der Waals surface area contributed by atoms with E-state index in [2.05, 4.69) is 101 Å². The van der Waals surface area contributed by atoms with Crippen molar-refractivity contribution in [1.29, 1.82) is 0 Å². The van der Waals surface area contributed by atoms with Gasteiger partial charge in [-0.3, -0.25) is 0 Å². The number of hydrogen-bond acceptors (Lipinski definition) is 2. The van der Waals surface area contributed by atoms with E-state index in [-0.39, 0.29) is 0 Å². The first kappa shape index (κ1) is 19.0. The van der Waals surface area contributed by atoms with E-state index in [9.17, 15) is 0 Å². The molecule has 0 radical (unpaired) electrons. The summed E-state index contributed by atoms with van der Waals surface area (Å²) in [7, 11) is 0. The number of benzene rings is 5. The topological polar surface area (TPSA) is 33.6 Å². The minimum absolute atomic E-state index is 0.893. The molecule has 3 heterocycles. The van der Waals surface area contributed by atoms with Gasteiger partial charge in [0.2, 0.25) is 0 Å². The summed E-state index contributed by atoms with van der Waals surface area (Å²) in [5.41, 5.74) is 6.74. The number of aromatic nitrogens is 3. The fourth-order valence-electron chi connectivity index (χ4n) is 5.40. The quantitative estimate of drug-likeness (QED) is 0.272. The van der Waals surface area contributed by atoms with E-state index in [1.807, 2.05) is 29.5 Å². The van der Waals surface area contributed by atoms with Crippen LogP contribution in [0.5, 0.6) is 0 Å². The molecule has 8 aromatic rings. The van der Waals surface area contributed by atoms with E-state index in [4.69, 9.17) is 4.98 Å². The normalized spacial score (nSPS) is 12.0. The highest BCUT2D eigenvalue weighted by Crippen LogP contribution is 2.43. The lowest BCUT2D eigenvalue weighted by molar-refractivity contribution is 1.19. The number of nitrogens with one attached hydrogen (secondary N) is 1. The fraction of sp³-hybridized carbons (Fsp3) is 0. The van der Waals surface area contributed by atoms with Gasteiger partial charge >= 0.3 is 0 Å². The predicted molar refractivity (Wildman–Crippen MR) is 149 cm³/mol. The molecule has 0 unspecified atom stereocenters. The van der Waals surface area contributed by atoms with E-state index >= 15 is 0 Å². The number of hydrogen-bond donors (Lipinski definition) is 1. The van der Waals surface area contributed by atoms with Gasteiger partial charge in [0.1, 0.15) is 5.82 Å². The average Bonchev–Trinajstić information content (AvgIpc) is 3.60. The molecule has 0 saturated carbocycles. The maximum atomic E-state index is 4.87. The summed E-state index contributed by atoms with van der Waals surface area (Å²) in [6.07, 6.45) is 0. The summed E-state index contributed by atoms with van der Waals surface area (Å²) in [6, 6.07) is 38.9. The van der Waals surface area contributed by atoms with Crippen LogP contribution in [0.25, 0.3) is 70.1 Å². The summed E-state index contributed by atoms with van der Waals surface area (Å²) in [5.74, 6) is 0.893. The fourth-order valence-corrected chi connectivity index (χ4v) is 6.50. The Morgan fingerprint density at radius 2 is 1.46 bits per heavy atom. The zero-order valence-corrected chi connectivity index (χ0v) is 19.5. The van der Waals surface area contributed by atoms with Gasteiger partial charge in [-0.1, -0.05) is 66.7 Å². The Kier molecular flexibility index (Phi) is 3.82. The number of aromatic amines is 1. The third-order valence-corrected chi connectivity index (χ3v) is 8.08. The molecule has 5 aromatic carbocycles. The van der Waals surface area contributed by atoms with E-state index in [0.29, 0.717) is 0 Å². The van der Waals surface area contributed by atoms with Crippen molar-refractivity contribution in [2.45, 2.75) is 0 Å². The second kappa shape index (κ2) is 7.05. The molecule has 3 aromatic heterocycles. The van der Waals surface area contributed by atoms with Crippen LogP contribution in [0.2, 0.25) is 0 Å². The Morgan fingerprint density at radius 1 is 0.657 bits per heavy atom. The van der Waals surface area contributed by atoms with Crippen LogP contribution in [0.15, 0.2) is 109 Å². The first-order valence-corrected chi connectivity index (χ1v) is 12.6. The van der Waals surface area contributed by atoms with Gasteiger partial charge in [0.25, 0.3) is 0 Å². The van der Waals surface area contributed by atoms with Crippen LogP contribution < -0.4 is 0 Å². The molecule has 3 nitrogen and oxygen atoms in total. The molecular formula is C31H19N3S. The lowest BCUT2D eigenvalue weighted by Gasteiger charge is -2.09. The van der Waals surface area contributed by atoms with Gasteiger partial charge in [0.05, 0.1) is 22.1 Å². The molecule has 164 valence electrons. The number of imidazole rings is 1. The first-order valence-electron chi connectivity index (χ1n) is 11.7. The Balaban J connectivity index is 1.53. The lowest BCUT2D eigenvalue weighted by atomic mass is 10.1. The van der Waals surface area contributed by atoms with Crippen LogP contribution in [-0.2, 0) is 0 Å². The van der Waals surface area contributed by atoms with Gasteiger partial charge in [-0.25, -0.2) is 4.98 Å². The van der Waals surface area contributed by atoms with Crippen molar-refractivity contribution >= 4 is 64.3 Å². The molecule has 1 N–H and O–H groups in total. The number of rotatable bonds is 2. The molecule has 0 aliphatic carbocycles. The van der Waals surface area contributed by atoms with Gasteiger partial charge in [-0.05, 0) is 42.5 Å². The van der Waals surface area contributed by atoms with Gasteiger partial charge < -0.3 is 9.55 Å². The van der Waals surface area contributed by atoms with Crippen LogP contribution in [0.1, 0.15) is 0 Å². The monoisotopic (exact) mass is 465 g/mol. The van der Waals surface area contributed by atoms with Gasteiger partial charge in [-0.15, -0.1) is 11.3 Å². The highest BCUT2D eigenvalue weighted by Gasteiger charge is 2.19. The summed E-state index contributed by atoms with van der Waals surface area (Å²) in [6.45, 7) is 0. The number of H-pyrrole nitrogens is 1. The zero-order chi connectivity index (χ0) is 22.9. The Hall–Kier alpha value is -4.41. The molecule has 0 saturated heterocycles. The van der Waals surface area contributed by atoms with Crippen LogP contribution >= 0.6 is 11.3 Å². The standard InChI is InChI=1S/C31H19N3S/c1-2-8-20(9-3-1)34-26-18-19(31-32-24-11-5-6-12-25(24)33-31)14-15-21(26)22-16-17-28-29(30(22)34)23-10-4-7-13-27(23)35-28/h1-18H,(H,32,33). The Morgan fingerprint density at radius 3 is 2.37 bits per heavy atom. The minimum Gasteiger partial charge on any atom is -0.338 e. The number of para-hydroxylation sites is 3. The molecule has 0 amide bonds. The molecule has 4 heteroatoms. The Bertz CT molecular complexity index is 2030. The third-order valence-electron chi connectivity index (χ3n) is 6.95. The summed E-state index contributed by atoms with van der Waals surface area (Å²) in [4.78, 5) is 8.37. The highest BCUT2D eigenvalue weighted by atomic mass is 32.1. The van der Waals surface area contributed by atoms with Crippen LogP contribution in [0, 0.1) is 0 Å². The zero-order valence-electron chi connectivity index (χ0n) is 18.7. The molecule has 8 rings (SSSR count). The Labute approximate surface area is 204 Å². The van der Waals surface area contributed by atoms with E-state index in [0.717, 1.165) is 28.1 Å². The molecule has 0 fully saturated rings. The molecule has 0 atom stereocenters. The van der Waals surface area contributed by atoms with Crippen molar-refractivity contribution < 1.29 is 0 Å². The maximum Gasteiger partial charge on any atom is 0.138 e. The lowest BCUT2D eigenvalue weighted by Crippen LogP contribution is -1.94. The first-order chi connectivity index (χ1) is 17.3. The van der Waals surface area contributed by atoms with Crippen molar-refractivity contribution in [1.82, 2.24) is 14.5 Å². The molecule has 0 aliphatic rings. The van der Waals surface area contributed by atoms with Gasteiger partial charge in [0.15, 0.2) is 0 Å². The average molecular weight is 466 g/mol. The molecule has 0 aliphatic heterocycles. The van der Waals surface area contributed by atoms with Crippen molar-refractivity contribution in [2.24, 2.45) is 0 Å². The summed E-state index contributed by atoms with van der Waals surface area (Å²) < 4.78 is 5.07. The number of fused-ring (bicyclic) bond motifs is 8. The summed E-state index contributed by atoms with van der Waals surface area (Å²) >= 11 is 1.86. The van der Waals surface area contributed by atoms with Crippen molar-refractivity contribution in [3.8, 4) is 17.1 Å². The number of thiophene rings is 1. The van der Waals surface area contributed by atoms with Gasteiger partial charge in [0, 0.05) is 42.2 Å². The van der Waals surface area contributed by atoms with Crippen molar-refractivity contribution in [2.75, 3.05) is 0 Å². The van der Waals surface area contributed by atoms with E-state index in [1.165, 1.54) is 42.0 Å². The van der Waals surface area contributed by atoms with Crippen molar-refractivity contribution in [3.05, 3.63) is 109 Å². The van der Waals surface area contributed by atoms with Crippen LogP contribution in [0.3, 0.4) is 0 Å². The van der Waals surface area contributed by atoms with Crippen LogP contribution in [-0.4, -0.2) is 14.5 Å². The predicted octanol–water partition coefficient (Wildman–Crippen LogP) is 8.69. The maximum absolute atomic E-state index is 4.87. The van der Waals surface area contributed by atoms with Gasteiger partial charge in [-0.2, -0.15) is 0 Å². The highest BCUT2D eigenvalue weighted by molar-refractivity contribution is 7.26. The minimum atomic E-state index is 0.893. The third kappa shape index (κ3) is 2.69. The SMILES string of the molecule is c1ccc(-n2c3cc(-c4nc5ccccc5[nH]4)ccc3c3ccc4sc5ccccc5c4c32)cc1. The van der Waals surface area contributed by atoms with E-state index < -0.39 is 0 Å². The number of nitrogens with zero attached hydrogens (tertiary/aromatic N) is 2.